The predicted octanol–water partition coefficient (Wildman–Crippen LogP) is 5.22. The molecule has 34 heavy (non-hydrogen) atoms. The van der Waals surface area contributed by atoms with Crippen LogP contribution in [0.5, 0.6) is 11.5 Å². The topological polar surface area (TPSA) is 100 Å². The molecule has 0 aliphatic heterocycles. The molecule has 0 saturated heterocycles. The summed E-state index contributed by atoms with van der Waals surface area (Å²) in [4.78, 5) is 24.6. The number of benzene rings is 3. The van der Waals surface area contributed by atoms with Crippen molar-refractivity contribution in [2.24, 2.45) is 0 Å². The highest BCUT2D eigenvalue weighted by atomic mass is 35.5. The van der Waals surface area contributed by atoms with Crippen molar-refractivity contribution in [3.8, 4) is 17.6 Å². The van der Waals surface area contributed by atoms with E-state index in [-0.39, 0.29) is 23.1 Å². The molecular formula is C26H22ClN3O4. The molecule has 3 rings (SSSR count). The van der Waals surface area contributed by atoms with Crippen molar-refractivity contribution in [3.05, 3.63) is 88.5 Å². The van der Waals surface area contributed by atoms with Crippen LogP contribution in [0.2, 0.25) is 5.02 Å². The number of nitrogens with zero attached hydrogens (tertiary/aromatic N) is 1. The summed E-state index contributed by atoms with van der Waals surface area (Å²) in [6.07, 6.45) is 1.43. The summed E-state index contributed by atoms with van der Waals surface area (Å²) in [6.45, 7) is 1.66. The van der Waals surface area contributed by atoms with Crippen molar-refractivity contribution in [3.63, 3.8) is 0 Å². The number of nitriles is 1. The summed E-state index contributed by atoms with van der Waals surface area (Å²) in [6, 6.07) is 20.8. The van der Waals surface area contributed by atoms with Gasteiger partial charge < -0.3 is 20.1 Å². The van der Waals surface area contributed by atoms with Crippen LogP contribution >= 0.6 is 11.6 Å². The molecule has 0 radical (unpaired) electrons. The third-order valence-corrected chi connectivity index (χ3v) is 4.94. The molecule has 2 N–H and O–H groups in total. The van der Waals surface area contributed by atoms with Crippen molar-refractivity contribution in [1.29, 1.82) is 5.26 Å². The zero-order chi connectivity index (χ0) is 24.5. The second-order valence-electron chi connectivity index (χ2n) is 7.25. The van der Waals surface area contributed by atoms with Crippen LogP contribution in [0.15, 0.2) is 72.3 Å². The van der Waals surface area contributed by atoms with E-state index in [1.807, 2.05) is 25.1 Å². The van der Waals surface area contributed by atoms with E-state index in [1.54, 1.807) is 61.7 Å². The van der Waals surface area contributed by atoms with Crippen LogP contribution in [0.3, 0.4) is 0 Å². The van der Waals surface area contributed by atoms with Gasteiger partial charge in [0.1, 0.15) is 23.1 Å². The van der Waals surface area contributed by atoms with E-state index in [0.717, 1.165) is 5.56 Å². The monoisotopic (exact) mass is 475 g/mol. The Kier molecular flexibility index (Phi) is 8.27. The Bertz CT molecular complexity index is 1260. The Morgan fingerprint density at radius 2 is 1.79 bits per heavy atom. The van der Waals surface area contributed by atoms with Gasteiger partial charge in [0.2, 0.25) is 0 Å². The van der Waals surface area contributed by atoms with Crippen molar-refractivity contribution in [2.75, 3.05) is 24.4 Å². The van der Waals surface area contributed by atoms with Gasteiger partial charge in [-0.3, -0.25) is 9.59 Å². The van der Waals surface area contributed by atoms with Crippen molar-refractivity contribution in [2.45, 2.75) is 6.92 Å². The Morgan fingerprint density at radius 1 is 1.03 bits per heavy atom. The van der Waals surface area contributed by atoms with Crippen molar-refractivity contribution >= 4 is 40.9 Å². The zero-order valence-electron chi connectivity index (χ0n) is 18.6. The smallest absolute Gasteiger partial charge is 0.266 e. The average Bonchev–Trinajstić information content (AvgIpc) is 2.82. The zero-order valence-corrected chi connectivity index (χ0v) is 19.3. The van der Waals surface area contributed by atoms with Crippen molar-refractivity contribution in [1.82, 2.24) is 0 Å². The molecule has 8 heteroatoms. The minimum atomic E-state index is -0.528. The van der Waals surface area contributed by atoms with Gasteiger partial charge in [-0.2, -0.15) is 5.26 Å². The van der Waals surface area contributed by atoms with E-state index in [2.05, 4.69) is 10.6 Å². The molecule has 0 atom stereocenters. The second kappa shape index (κ2) is 11.5. The van der Waals surface area contributed by atoms with E-state index in [0.29, 0.717) is 28.4 Å². The molecule has 0 bridgehead atoms. The molecule has 0 heterocycles. The van der Waals surface area contributed by atoms with Gasteiger partial charge in [0, 0.05) is 11.4 Å². The summed E-state index contributed by atoms with van der Waals surface area (Å²) >= 11 is 6.28. The first kappa shape index (κ1) is 24.4. The van der Waals surface area contributed by atoms with Crippen LogP contribution in [0.25, 0.3) is 6.08 Å². The number of amides is 2. The van der Waals surface area contributed by atoms with Gasteiger partial charge in [-0.25, -0.2) is 0 Å². The number of carbonyl (C=O) groups is 2. The average molecular weight is 476 g/mol. The third-order valence-electron chi connectivity index (χ3n) is 4.64. The van der Waals surface area contributed by atoms with Gasteiger partial charge in [0.15, 0.2) is 6.61 Å². The normalized spacial score (nSPS) is 10.7. The van der Waals surface area contributed by atoms with Gasteiger partial charge >= 0.3 is 0 Å². The van der Waals surface area contributed by atoms with Crippen molar-refractivity contribution < 1.29 is 19.1 Å². The minimum Gasteiger partial charge on any atom is -0.497 e. The number of rotatable bonds is 8. The first-order valence-electron chi connectivity index (χ1n) is 10.2. The first-order valence-corrected chi connectivity index (χ1v) is 10.6. The molecule has 0 spiro atoms. The number of aryl methyl sites for hydroxylation is 1. The summed E-state index contributed by atoms with van der Waals surface area (Å²) in [5.74, 6) is 0.0957. The highest BCUT2D eigenvalue weighted by Gasteiger charge is 2.11. The summed E-state index contributed by atoms with van der Waals surface area (Å²) in [5.41, 5.74) is 2.65. The van der Waals surface area contributed by atoms with Crippen LogP contribution in [-0.2, 0) is 9.59 Å². The number of halogens is 1. The van der Waals surface area contributed by atoms with Crippen LogP contribution in [0.4, 0.5) is 11.4 Å². The first-order chi connectivity index (χ1) is 16.4. The van der Waals surface area contributed by atoms with E-state index in [9.17, 15) is 14.9 Å². The van der Waals surface area contributed by atoms with Gasteiger partial charge in [0.05, 0.1) is 12.1 Å². The summed E-state index contributed by atoms with van der Waals surface area (Å²) < 4.78 is 10.6. The molecule has 3 aromatic rings. The quantitative estimate of drug-likeness (QED) is 0.343. The molecule has 0 unspecified atom stereocenters. The molecule has 0 aliphatic carbocycles. The molecule has 0 aliphatic rings. The van der Waals surface area contributed by atoms with E-state index >= 15 is 0 Å². The minimum absolute atomic E-state index is 0.0786. The van der Waals surface area contributed by atoms with Gasteiger partial charge in [-0.05, 0) is 72.7 Å². The van der Waals surface area contributed by atoms with Crippen LogP contribution in [0.1, 0.15) is 11.1 Å². The Balaban J connectivity index is 1.61. The van der Waals surface area contributed by atoms with Crippen LogP contribution in [0, 0.1) is 18.3 Å². The van der Waals surface area contributed by atoms with Gasteiger partial charge in [-0.1, -0.05) is 29.8 Å². The molecule has 7 nitrogen and oxygen atoms in total. The number of nitrogens with one attached hydrogen (secondary N) is 2. The number of ether oxygens (including phenoxy) is 2. The number of hydrogen-bond acceptors (Lipinski definition) is 5. The van der Waals surface area contributed by atoms with E-state index in [4.69, 9.17) is 21.1 Å². The van der Waals surface area contributed by atoms with E-state index in [1.165, 1.54) is 6.08 Å². The SMILES string of the molecule is COc1ccc(NC(=O)COc2ccc(/C=C(\C#N)C(=O)Nc3cccc(C)c3)cc2Cl)cc1. The Morgan fingerprint density at radius 3 is 2.44 bits per heavy atom. The Labute approximate surface area is 202 Å². The Hall–Kier alpha value is -4.28. The van der Waals surface area contributed by atoms with Gasteiger partial charge in [-0.15, -0.1) is 0 Å². The fraction of sp³-hybridized carbons (Fsp3) is 0.115. The largest absolute Gasteiger partial charge is 0.497 e. The molecule has 0 aromatic heterocycles. The second-order valence-corrected chi connectivity index (χ2v) is 7.66. The molecule has 2 amide bonds. The lowest BCUT2D eigenvalue weighted by molar-refractivity contribution is -0.118. The van der Waals surface area contributed by atoms with Crippen LogP contribution < -0.4 is 20.1 Å². The maximum atomic E-state index is 12.5. The standard InChI is InChI=1S/C26H22ClN3O4/c1-17-4-3-5-21(12-17)30-26(32)19(15-28)13-18-6-11-24(23(27)14-18)34-16-25(31)29-20-7-9-22(33-2)10-8-20/h3-14H,16H2,1-2H3,(H,29,31)(H,30,32)/b19-13+. The lowest BCUT2D eigenvalue weighted by Gasteiger charge is -2.10. The van der Waals surface area contributed by atoms with Gasteiger partial charge in [0.25, 0.3) is 11.8 Å². The summed E-state index contributed by atoms with van der Waals surface area (Å²) in [7, 11) is 1.56. The number of methoxy groups -OCH3 is 1. The maximum absolute atomic E-state index is 12.5. The molecule has 0 fully saturated rings. The molecular weight excluding hydrogens is 454 g/mol. The predicted molar refractivity (Wildman–Crippen MR) is 132 cm³/mol. The van der Waals surface area contributed by atoms with E-state index < -0.39 is 5.91 Å². The number of carbonyl (C=O) groups excluding carboxylic acids is 2. The molecule has 0 saturated carbocycles. The van der Waals surface area contributed by atoms with Crippen LogP contribution in [-0.4, -0.2) is 25.5 Å². The highest BCUT2D eigenvalue weighted by Crippen LogP contribution is 2.27. The highest BCUT2D eigenvalue weighted by molar-refractivity contribution is 6.32. The fourth-order valence-electron chi connectivity index (χ4n) is 2.98. The summed E-state index contributed by atoms with van der Waals surface area (Å²) in [5, 5.41) is 15.1. The lowest BCUT2D eigenvalue weighted by atomic mass is 10.1. The lowest BCUT2D eigenvalue weighted by Crippen LogP contribution is -2.20. The number of hydrogen-bond donors (Lipinski definition) is 2. The third kappa shape index (κ3) is 6.86. The number of anilines is 2. The maximum Gasteiger partial charge on any atom is 0.266 e. The fourth-order valence-corrected chi connectivity index (χ4v) is 3.22. The molecule has 172 valence electrons. The molecule has 3 aromatic carbocycles.